The van der Waals surface area contributed by atoms with Crippen molar-refractivity contribution in [1.82, 2.24) is 0 Å². The van der Waals surface area contributed by atoms with E-state index < -0.39 is 11.8 Å². The van der Waals surface area contributed by atoms with Gasteiger partial charge in [0.2, 0.25) is 0 Å². The van der Waals surface area contributed by atoms with Gasteiger partial charge < -0.3 is 9.47 Å². The van der Waals surface area contributed by atoms with Gasteiger partial charge in [-0.05, 0) is 66.9 Å². The summed E-state index contributed by atoms with van der Waals surface area (Å²) in [6.07, 6.45) is 2.32. The van der Waals surface area contributed by atoms with E-state index in [4.69, 9.17) is 9.47 Å². The molecule has 37 heavy (non-hydrogen) atoms. The number of rotatable bonds is 6. The van der Waals surface area contributed by atoms with Gasteiger partial charge in [-0.25, -0.2) is 9.18 Å². The van der Waals surface area contributed by atoms with Crippen molar-refractivity contribution in [3.8, 4) is 23.7 Å². The molecule has 184 valence electrons. The monoisotopic (exact) mass is 492 g/mol. The maximum atomic E-state index is 14.4. The van der Waals surface area contributed by atoms with Gasteiger partial charge in [0.1, 0.15) is 12.4 Å². The summed E-state index contributed by atoms with van der Waals surface area (Å²) in [4.78, 5) is 22.7. The Balaban J connectivity index is 1.72. The van der Waals surface area contributed by atoms with Crippen LogP contribution in [0, 0.1) is 43.3 Å². The number of benzene rings is 3. The van der Waals surface area contributed by atoms with E-state index in [1.54, 1.807) is 12.1 Å². The van der Waals surface area contributed by atoms with Gasteiger partial charge in [0.05, 0.1) is 12.7 Å². The van der Waals surface area contributed by atoms with Gasteiger partial charge in [0.15, 0.2) is 0 Å². The van der Waals surface area contributed by atoms with Crippen LogP contribution in [-0.4, -0.2) is 11.9 Å². The smallest absolute Gasteiger partial charge is 0.330 e. The van der Waals surface area contributed by atoms with E-state index in [1.165, 1.54) is 6.07 Å². The van der Waals surface area contributed by atoms with Crippen LogP contribution in [0.3, 0.4) is 0 Å². The summed E-state index contributed by atoms with van der Waals surface area (Å²) in [6, 6.07) is 15.9. The fraction of sp³-hybridized carbons (Fsp3) is 0.125. The molecule has 0 spiro atoms. The molecule has 0 fully saturated rings. The summed E-state index contributed by atoms with van der Waals surface area (Å²) in [5.74, 6) is 11.0. The zero-order valence-corrected chi connectivity index (χ0v) is 20.7. The Morgan fingerprint density at radius 2 is 1.49 bits per heavy atom. The predicted molar refractivity (Wildman–Crippen MR) is 141 cm³/mol. The number of aryl methyl sites for hydroxylation is 2. The Morgan fingerprint density at radius 1 is 0.865 bits per heavy atom. The van der Waals surface area contributed by atoms with E-state index in [0.29, 0.717) is 5.56 Å². The molecule has 0 bridgehead atoms. The van der Waals surface area contributed by atoms with Gasteiger partial charge in [-0.1, -0.05) is 55.0 Å². The van der Waals surface area contributed by atoms with Gasteiger partial charge in [-0.2, -0.15) is 0 Å². The number of ether oxygens (including phenoxy) is 2. The van der Waals surface area contributed by atoms with Gasteiger partial charge >= 0.3 is 11.9 Å². The number of carbonyl (C=O) groups excluding carboxylic acids is 2. The Bertz CT molecular complexity index is 1450. The molecule has 0 aliphatic carbocycles. The van der Waals surface area contributed by atoms with Gasteiger partial charge in [0.25, 0.3) is 0 Å². The fourth-order valence-electron chi connectivity index (χ4n) is 3.47. The molecule has 0 aromatic heterocycles. The SMILES string of the molecule is C=COC(=O)Cc1ccc(C#Cc2cc(C)c(C#Cc3ccc(COC(=O)C=C)c(F)c3)c(C)c2)cc1. The maximum absolute atomic E-state index is 14.4. The predicted octanol–water partition coefficient (Wildman–Crippen LogP) is 5.70. The van der Waals surface area contributed by atoms with Gasteiger partial charge in [-0.15, -0.1) is 0 Å². The first-order chi connectivity index (χ1) is 17.8. The van der Waals surface area contributed by atoms with Crippen molar-refractivity contribution >= 4 is 11.9 Å². The molecule has 0 aliphatic rings. The lowest BCUT2D eigenvalue weighted by Crippen LogP contribution is -2.03. The quantitative estimate of drug-likeness (QED) is 0.192. The van der Waals surface area contributed by atoms with Crippen molar-refractivity contribution in [2.24, 2.45) is 0 Å². The van der Waals surface area contributed by atoms with E-state index in [1.807, 2.05) is 50.2 Å². The maximum Gasteiger partial charge on any atom is 0.330 e. The highest BCUT2D eigenvalue weighted by Crippen LogP contribution is 2.17. The number of halogens is 1. The fourth-order valence-corrected chi connectivity index (χ4v) is 3.47. The summed E-state index contributed by atoms with van der Waals surface area (Å²) in [5, 5.41) is 0. The second-order valence-corrected chi connectivity index (χ2v) is 8.13. The highest BCUT2D eigenvalue weighted by molar-refractivity contribution is 5.81. The average molecular weight is 493 g/mol. The minimum Gasteiger partial charge on any atom is -0.458 e. The van der Waals surface area contributed by atoms with Crippen LogP contribution >= 0.6 is 0 Å². The van der Waals surface area contributed by atoms with Crippen molar-refractivity contribution in [1.29, 1.82) is 0 Å². The van der Waals surface area contributed by atoms with Crippen LogP contribution in [0.2, 0.25) is 0 Å². The van der Waals surface area contributed by atoms with Crippen LogP contribution in [0.25, 0.3) is 0 Å². The molecule has 0 N–H and O–H groups in total. The van der Waals surface area contributed by atoms with Crippen LogP contribution < -0.4 is 0 Å². The van der Waals surface area contributed by atoms with E-state index in [-0.39, 0.29) is 24.6 Å². The first-order valence-electron chi connectivity index (χ1n) is 11.4. The highest BCUT2D eigenvalue weighted by Gasteiger charge is 2.06. The van der Waals surface area contributed by atoms with Crippen molar-refractivity contribution in [3.63, 3.8) is 0 Å². The molecule has 0 radical (unpaired) electrons. The summed E-state index contributed by atoms with van der Waals surface area (Å²) in [5.41, 5.74) is 6.06. The third-order valence-corrected chi connectivity index (χ3v) is 5.32. The normalized spacial score (nSPS) is 9.70. The Hall–Kier alpha value is -4.87. The number of hydrogen-bond acceptors (Lipinski definition) is 4. The molecule has 3 aromatic carbocycles. The standard InChI is InChI=1S/C32H25FO4/c1-5-31(34)37-21-28-15-13-25(19-30(28)33)14-16-29-22(3)17-27(18-23(29)4)12-9-24-7-10-26(11-8-24)20-32(35)36-6-2/h5-8,10-11,13,15,17-19H,1-2,20-21H2,3-4H3. The zero-order valence-electron chi connectivity index (χ0n) is 20.7. The summed E-state index contributed by atoms with van der Waals surface area (Å²) in [7, 11) is 0. The van der Waals surface area contributed by atoms with E-state index in [2.05, 4.69) is 36.8 Å². The number of esters is 2. The van der Waals surface area contributed by atoms with Crippen LogP contribution in [-0.2, 0) is 32.1 Å². The molecule has 3 aromatic rings. The molecular formula is C32H25FO4. The first-order valence-corrected chi connectivity index (χ1v) is 11.4. The van der Waals surface area contributed by atoms with Crippen LogP contribution in [0.15, 0.2) is 80.1 Å². The molecule has 0 atom stereocenters. The summed E-state index contributed by atoms with van der Waals surface area (Å²) in [6.45, 7) is 10.4. The lowest BCUT2D eigenvalue weighted by molar-refractivity contribution is -0.139. The molecular weight excluding hydrogens is 467 g/mol. The van der Waals surface area contributed by atoms with Gasteiger partial charge in [0, 0.05) is 33.9 Å². The lowest BCUT2D eigenvalue weighted by atomic mass is 9.99. The average Bonchev–Trinajstić information content (AvgIpc) is 2.87. The molecule has 0 saturated heterocycles. The van der Waals surface area contributed by atoms with Crippen LogP contribution in [0.4, 0.5) is 4.39 Å². The Kier molecular flexibility index (Phi) is 9.19. The van der Waals surface area contributed by atoms with Crippen molar-refractivity contribution in [2.45, 2.75) is 26.9 Å². The topological polar surface area (TPSA) is 52.6 Å². The minimum atomic E-state index is -0.608. The Morgan fingerprint density at radius 3 is 2.11 bits per heavy atom. The van der Waals surface area contributed by atoms with E-state index in [9.17, 15) is 14.0 Å². The number of hydrogen-bond donors (Lipinski definition) is 0. The van der Waals surface area contributed by atoms with E-state index in [0.717, 1.165) is 45.7 Å². The van der Waals surface area contributed by atoms with Crippen molar-refractivity contribution in [3.05, 3.63) is 130 Å². The molecule has 4 nitrogen and oxygen atoms in total. The minimum absolute atomic E-state index is 0.167. The second-order valence-electron chi connectivity index (χ2n) is 8.13. The molecule has 0 heterocycles. The van der Waals surface area contributed by atoms with Crippen molar-refractivity contribution < 1.29 is 23.5 Å². The van der Waals surface area contributed by atoms with Crippen LogP contribution in [0.5, 0.6) is 0 Å². The molecule has 3 rings (SSSR count). The molecule has 0 amide bonds. The zero-order chi connectivity index (χ0) is 26.8. The first kappa shape index (κ1) is 26.7. The van der Waals surface area contributed by atoms with Crippen LogP contribution in [0.1, 0.15) is 44.5 Å². The third-order valence-electron chi connectivity index (χ3n) is 5.32. The number of carbonyl (C=O) groups is 2. The third kappa shape index (κ3) is 7.82. The molecule has 5 heteroatoms. The van der Waals surface area contributed by atoms with Gasteiger partial charge in [-0.3, -0.25) is 4.79 Å². The van der Waals surface area contributed by atoms with E-state index >= 15 is 0 Å². The lowest BCUT2D eigenvalue weighted by Gasteiger charge is -2.05. The summed E-state index contributed by atoms with van der Waals surface area (Å²) < 4.78 is 24.0. The molecule has 0 aliphatic heterocycles. The largest absolute Gasteiger partial charge is 0.458 e. The molecule has 0 unspecified atom stereocenters. The van der Waals surface area contributed by atoms with Crippen molar-refractivity contribution in [2.75, 3.05) is 0 Å². The Labute approximate surface area is 216 Å². The summed E-state index contributed by atoms with van der Waals surface area (Å²) >= 11 is 0. The second kappa shape index (κ2) is 12.7. The highest BCUT2D eigenvalue weighted by atomic mass is 19.1. The molecule has 0 saturated carbocycles.